The first-order chi connectivity index (χ1) is 26.9. The largest absolute Gasteiger partial charge is 0.433 e. The highest BCUT2D eigenvalue weighted by Gasteiger charge is 2.50. The van der Waals surface area contributed by atoms with E-state index >= 15 is 0 Å². The van der Waals surface area contributed by atoms with Crippen molar-refractivity contribution in [2.24, 2.45) is 0 Å². The molecule has 0 spiro atoms. The predicted molar refractivity (Wildman–Crippen MR) is 223 cm³/mol. The summed E-state index contributed by atoms with van der Waals surface area (Å²) in [6, 6.07) is 28.0. The molecule has 0 saturated heterocycles. The molecule has 2 amide bonds. The number of anilines is 2. The molecule has 2 aliphatic rings. The molecule has 2 unspecified atom stereocenters. The quantitative estimate of drug-likeness (QED) is 0.0807. The number of carbonyl (C=O) groups excluding carboxylic acids is 4. The van der Waals surface area contributed by atoms with Gasteiger partial charge in [-0.05, 0) is 62.6 Å². The highest BCUT2D eigenvalue weighted by Crippen LogP contribution is 2.53. The number of benzene rings is 4. The normalized spacial score (nSPS) is 18.8. The van der Waals surface area contributed by atoms with E-state index in [1.54, 1.807) is 84.6 Å². The second-order valence-electron chi connectivity index (χ2n) is 13.4. The Morgan fingerprint density at radius 3 is 1.36 bits per heavy atom. The van der Waals surface area contributed by atoms with Crippen molar-refractivity contribution >= 4 is 81.9 Å². The van der Waals surface area contributed by atoms with Gasteiger partial charge in [0, 0.05) is 44.1 Å². The minimum atomic E-state index is -1.60. The van der Waals surface area contributed by atoms with Gasteiger partial charge in [-0.3, -0.25) is 19.4 Å². The summed E-state index contributed by atoms with van der Waals surface area (Å²) in [6.45, 7) is 8.36. The lowest BCUT2D eigenvalue weighted by atomic mass is 10.1. The molecule has 0 radical (unpaired) electrons. The molecular formula is C42H40Cl2N4O6S2. The second-order valence-corrected chi connectivity index (χ2v) is 16.8. The molecule has 0 bridgehead atoms. The minimum absolute atomic E-state index is 0.0542. The summed E-state index contributed by atoms with van der Waals surface area (Å²) in [6.07, 6.45) is 3.41. The zero-order valence-corrected chi connectivity index (χ0v) is 34.0. The van der Waals surface area contributed by atoms with Gasteiger partial charge in [-0.2, -0.15) is 0 Å². The van der Waals surface area contributed by atoms with Gasteiger partial charge in [0.15, 0.2) is 0 Å². The zero-order valence-electron chi connectivity index (χ0n) is 30.9. The zero-order chi connectivity index (χ0) is 40.0. The van der Waals surface area contributed by atoms with Crippen molar-refractivity contribution in [2.45, 2.75) is 19.7 Å². The van der Waals surface area contributed by atoms with Crippen LogP contribution in [-0.4, -0.2) is 86.9 Å². The van der Waals surface area contributed by atoms with Crippen molar-refractivity contribution in [3.8, 4) is 0 Å². The van der Waals surface area contributed by atoms with Crippen LogP contribution < -0.4 is 9.80 Å². The Bertz CT molecular complexity index is 1990. The van der Waals surface area contributed by atoms with Crippen LogP contribution in [0, 0.1) is 0 Å². The molecule has 56 heavy (non-hydrogen) atoms. The number of thioether (sulfide) groups is 2. The number of carbonyl (C=O) groups is 4. The van der Waals surface area contributed by atoms with Gasteiger partial charge in [0.05, 0.1) is 37.6 Å². The van der Waals surface area contributed by atoms with E-state index in [1.807, 2.05) is 58.3 Å². The standard InChI is InChI=1S/C42H40Cl2N4O6S2/c1-5-23-45(3)25-37(49)47-27-41(29-15-19-31(43)20-16-29,55-35-13-9-7-11-33(35)47)53-39(51)40(52)54-42(30-17-21-32(44)22-18-30)28-48(38(50)26-46(4)24-6-2)34-12-8-10-14-36(34)56-42/h5-22H,1-2,23-28H2,3-4H3. The maximum absolute atomic E-state index is 14.3. The number of hydrogen-bond acceptors (Lipinski definition) is 10. The Morgan fingerprint density at radius 1 is 0.643 bits per heavy atom. The van der Waals surface area contributed by atoms with E-state index in [0.717, 1.165) is 0 Å². The first kappa shape index (κ1) is 41.1. The lowest BCUT2D eigenvalue weighted by Crippen LogP contribution is -2.52. The van der Waals surface area contributed by atoms with Crippen molar-refractivity contribution in [3.05, 3.63) is 144 Å². The number of likely N-dealkylation sites (N-methyl/N-ethyl adjacent to an activating group) is 2. The van der Waals surface area contributed by atoms with Crippen molar-refractivity contribution in [2.75, 3.05) is 63.2 Å². The topological polar surface area (TPSA) is 99.7 Å². The van der Waals surface area contributed by atoms with Gasteiger partial charge in [-0.25, -0.2) is 9.59 Å². The first-order valence-corrected chi connectivity index (χ1v) is 20.0. The molecule has 14 heteroatoms. The third-order valence-corrected chi connectivity index (χ3v) is 12.3. The van der Waals surface area contributed by atoms with Gasteiger partial charge in [0.2, 0.25) is 21.7 Å². The van der Waals surface area contributed by atoms with E-state index in [2.05, 4.69) is 13.2 Å². The number of rotatable bonds is 12. The smallest absolute Gasteiger partial charge is 0.419 e. The maximum atomic E-state index is 14.3. The van der Waals surface area contributed by atoms with Gasteiger partial charge in [0.1, 0.15) is 0 Å². The molecule has 6 rings (SSSR count). The number of esters is 2. The van der Waals surface area contributed by atoms with Crippen LogP contribution >= 0.6 is 46.7 Å². The van der Waals surface area contributed by atoms with E-state index in [9.17, 15) is 19.2 Å². The van der Waals surface area contributed by atoms with Crippen LogP contribution in [0.2, 0.25) is 10.0 Å². The molecule has 2 aliphatic heterocycles. The Hall–Kier alpha value is -4.56. The second kappa shape index (κ2) is 17.7. The highest BCUT2D eigenvalue weighted by molar-refractivity contribution is 8.00. The van der Waals surface area contributed by atoms with Crippen molar-refractivity contribution in [3.63, 3.8) is 0 Å². The number of para-hydroxylation sites is 2. The van der Waals surface area contributed by atoms with Gasteiger partial charge in [-0.15, -0.1) is 13.2 Å². The van der Waals surface area contributed by atoms with Gasteiger partial charge < -0.3 is 19.3 Å². The van der Waals surface area contributed by atoms with Crippen LogP contribution in [-0.2, 0) is 38.5 Å². The monoisotopic (exact) mass is 830 g/mol. The van der Waals surface area contributed by atoms with Gasteiger partial charge in [-0.1, -0.05) is 107 Å². The average molecular weight is 832 g/mol. The van der Waals surface area contributed by atoms with E-state index in [-0.39, 0.29) is 38.0 Å². The Morgan fingerprint density at radius 2 is 1.00 bits per heavy atom. The van der Waals surface area contributed by atoms with Crippen LogP contribution in [0.15, 0.2) is 132 Å². The highest BCUT2D eigenvalue weighted by atomic mass is 35.5. The van der Waals surface area contributed by atoms with Crippen LogP contribution in [0.5, 0.6) is 0 Å². The number of fused-ring (bicyclic) bond motifs is 2. The lowest BCUT2D eigenvalue weighted by Gasteiger charge is -2.44. The third kappa shape index (κ3) is 9.01. The fourth-order valence-electron chi connectivity index (χ4n) is 6.50. The molecule has 10 nitrogen and oxygen atoms in total. The molecule has 290 valence electrons. The predicted octanol–water partition coefficient (Wildman–Crippen LogP) is 7.60. The van der Waals surface area contributed by atoms with E-state index < -0.39 is 21.8 Å². The SMILES string of the molecule is C=CCN(C)CC(=O)N1CC(OC(=O)C(=O)OC2(c3ccc(Cl)cc3)CN(C(=O)CN(C)CC=C)c3ccccc3S2)(c2ccc(Cl)cc2)Sc2ccccc21. The Balaban J connectivity index is 1.38. The fourth-order valence-corrected chi connectivity index (χ4v) is 9.45. The summed E-state index contributed by atoms with van der Waals surface area (Å²) in [4.78, 5) is 61.4. The molecule has 0 fully saturated rings. The molecule has 0 aromatic heterocycles. The van der Waals surface area contributed by atoms with E-state index in [0.29, 0.717) is 55.4 Å². The van der Waals surface area contributed by atoms with Crippen LogP contribution in [0.1, 0.15) is 11.1 Å². The van der Waals surface area contributed by atoms with Crippen molar-refractivity contribution < 1.29 is 28.7 Å². The molecule has 0 saturated carbocycles. The van der Waals surface area contributed by atoms with E-state index in [4.69, 9.17) is 32.7 Å². The molecule has 4 aromatic carbocycles. The molecule has 2 atom stereocenters. The molecule has 0 aliphatic carbocycles. The molecule has 2 heterocycles. The molecule has 0 N–H and O–H groups in total. The Kier molecular flexibility index (Phi) is 13.0. The van der Waals surface area contributed by atoms with Crippen LogP contribution in [0.4, 0.5) is 11.4 Å². The fraction of sp³-hybridized carbons (Fsp3) is 0.238. The number of amides is 2. The third-order valence-electron chi connectivity index (χ3n) is 9.14. The summed E-state index contributed by atoms with van der Waals surface area (Å²) < 4.78 is 12.6. The lowest BCUT2D eigenvalue weighted by molar-refractivity contribution is -0.177. The van der Waals surface area contributed by atoms with Crippen molar-refractivity contribution in [1.29, 1.82) is 0 Å². The minimum Gasteiger partial charge on any atom is -0.433 e. The summed E-state index contributed by atoms with van der Waals surface area (Å²) >= 11 is 15.0. The Labute approximate surface area is 345 Å². The number of halogens is 2. The summed E-state index contributed by atoms with van der Waals surface area (Å²) in [7, 11) is 3.61. The van der Waals surface area contributed by atoms with Crippen LogP contribution in [0.3, 0.4) is 0 Å². The van der Waals surface area contributed by atoms with Crippen LogP contribution in [0.25, 0.3) is 0 Å². The summed E-state index contributed by atoms with van der Waals surface area (Å²) in [5.74, 6) is -3.08. The van der Waals surface area contributed by atoms with Gasteiger partial charge >= 0.3 is 11.9 Å². The number of ether oxygens (including phenoxy) is 2. The maximum Gasteiger partial charge on any atom is 0.419 e. The first-order valence-electron chi connectivity index (χ1n) is 17.6. The van der Waals surface area contributed by atoms with Crippen molar-refractivity contribution in [1.82, 2.24) is 9.80 Å². The van der Waals surface area contributed by atoms with E-state index in [1.165, 1.54) is 23.5 Å². The summed E-state index contributed by atoms with van der Waals surface area (Å²) in [5, 5.41) is 0.897. The summed E-state index contributed by atoms with van der Waals surface area (Å²) in [5.41, 5.74) is 2.27. The molecular weight excluding hydrogens is 792 g/mol. The average Bonchev–Trinajstić information content (AvgIpc) is 3.17. The molecule has 4 aromatic rings. The number of nitrogens with zero attached hydrogens (tertiary/aromatic N) is 4. The van der Waals surface area contributed by atoms with Gasteiger partial charge in [0.25, 0.3) is 0 Å². The number of hydrogen-bond donors (Lipinski definition) is 0.